The van der Waals surface area contributed by atoms with Crippen molar-refractivity contribution in [2.75, 3.05) is 5.32 Å². The van der Waals surface area contributed by atoms with Crippen LogP contribution in [0.3, 0.4) is 0 Å². The quantitative estimate of drug-likeness (QED) is 0.172. The number of aromatic nitrogens is 2. The normalized spacial score (nSPS) is 11.7. The average molecular weight is 588 g/mol. The number of nitrogens with zero attached hydrogens (tertiary/aromatic N) is 1. The number of carboxylic acids is 1. The number of carbonyl (C=O) groups is 2. The fourth-order valence-electron chi connectivity index (χ4n) is 5.10. The smallest absolute Gasteiger partial charge is 0.327 e. The van der Waals surface area contributed by atoms with E-state index in [9.17, 15) is 19.5 Å². The van der Waals surface area contributed by atoms with Crippen molar-refractivity contribution < 1.29 is 14.7 Å². The second-order valence-electron chi connectivity index (χ2n) is 10.2. The number of H-pyrrole nitrogens is 1. The molecule has 0 fully saturated rings. The van der Waals surface area contributed by atoms with Crippen molar-refractivity contribution in [3.05, 3.63) is 148 Å². The molecule has 2 heterocycles. The van der Waals surface area contributed by atoms with Crippen LogP contribution in [0.4, 0.5) is 5.69 Å². The molecule has 43 heavy (non-hydrogen) atoms. The lowest BCUT2D eigenvalue weighted by Gasteiger charge is -2.19. The molecule has 3 N–H and O–H groups in total. The summed E-state index contributed by atoms with van der Waals surface area (Å²) in [4.78, 5) is 42.8. The van der Waals surface area contributed by atoms with Crippen LogP contribution in [0.2, 0.25) is 5.02 Å². The van der Waals surface area contributed by atoms with Crippen molar-refractivity contribution in [1.82, 2.24) is 9.55 Å². The molecular formula is C35H26ClN3O4. The van der Waals surface area contributed by atoms with Crippen LogP contribution in [-0.2, 0) is 11.2 Å². The molecule has 0 bridgehead atoms. The lowest BCUT2D eigenvalue weighted by molar-refractivity contribution is -0.141. The van der Waals surface area contributed by atoms with E-state index in [0.29, 0.717) is 21.7 Å². The summed E-state index contributed by atoms with van der Waals surface area (Å²) in [6.07, 6.45) is 3.40. The first kappa shape index (κ1) is 27.8. The zero-order valence-electron chi connectivity index (χ0n) is 22.8. The molecule has 4 aromatic carbocycles. The summed E-state index contributed by atoms with van der Waals surface area (Å²) in [5, 5.41) is 14.5. The highest BCUT2D eigenvalue weighted by Gasteiger charge is 2.24. The second kappa shape index (κ2) is 11.8. The van der Waals surface area contributed by atoms with Gasteiger partial charge in [-0.2, -0.15) is 0 Å². The van der Waals surface area contributed by atoms with E-state index in [0.717, 1.165) is 27.6 Å². The molecule has 0 saturated carbocycles. The zero-order chi connectivity index (χ0) is 29.9. The number of amides is 1. The van der Waals surface area contributed by atoms with E-state index in [1.54, 1.807) is 42.5 Å². The van der Waals surface area contributed by atoms with Crippen LogP contribution in [0.15, 0.2) is 126 Å². The standard InChI is InChI=1S/C35H26ClN3O4/c36-29-14-6-22(7-15-29)18-32(35(42)43)39-21-28(27-13-10-25-16-17-37-30(25)19-27)20-31(34(39)41)38-33(40)26-11-8-24(9-12-26)23-4-2-1-3-5-23/h1-17,19-21,32,37H,18H2,(H,38,40)(H,42,43). The van der Waals surface area contributed by atoms with Gasteiger partial charge in [-0.3, -0.25) is 14.2 Å². The van der Waals surface area contributed by atoms with Crippen LogP contribution in [0.5, 0.6) is 0 Å². The number of carbonyl (C=O) groups excluding carboxylic acids is 1. The third-order valence-electron chi connectivity index (χ3n) is 7.40. The van der Waals surface area contributed by atoms with Crippen LogP contribution in [-0.4, -0.2) is 26.5 Å². The lowest BCUT2D eigenvalue weighted by atomic mass is 10.0. The molecule has 0 aliphatic carbocycles. The van der Waals surface area contributed by atoms with Gasteiger partial charge in [-0.25, -0.2) is 4.79 Å². The van der Waals surface area contributed by atoms with Gasteiger partial charge in [-0.1, -0.05) is 78.3 Å². The van der Waals surface area contributed by atoms with Crippen molar-refractivity contribution in [3.8, 4) is 22.3 Å². The van der Waals surface area contributed by atoms with Gasteiger partial charge < -0.3 is 15.4 Å². The number of hydrogen-bond donors (Lipinski definition) is 3. The van der Waals surface area contributed by atoms with Crippen molar-refractivity contribution in [2.24, 2.45) is 0 Å². The van der Waals surface area contributed by atoms with Crippen LogP contribution in [0.1, 0.15) is 22.0 Å². The number of fused-ring (bicyclic) bond motifs is 1. The number of benzene rings is 4. The number of pyridine rings is 1. The first-order valence-electron chi connectivity index (χ1n) is 13.6. The van der Waals surface area contributed by atoms with Gasteiger partial charge in [0.25, 0.3) is 11.5 Å². The number of carboxylic acid groups (broad SMARTS) is 1. The summed E-state index contributed by atoms with van der Waals surface area (Å²) < 4.78 is 1.18. The first-order chi connectivity index (χ1) is 20.9. The molecule has 1 atom stereocenters. The maximum absolute atomic E-state index is 13.8. The van der Waals surface area contributed by atoms with E-state index in [1.807, 2.05) is 72.9 Å². The minimum absolute atomic E-state index is 0.0245. The van der Waals surface area contributed by atoms with E-state index in [4.69, 9.17) is 11.6 Å². The van der Waals surface area contributed by atoms with Crippen LogP contribution < -0.4 is 10.9 Å². The Labute approximate surface area is 252 Å². The summed E-state index contributed by atoms with van der Waals surface area (Å²) in [5.74, 6) is -1.66. The third kappa shape index (κ3) is 5.98. The maximum Gasteiger partial charge on any atom is 0.327 e. The number of hydrogen-bond acceptors (Lipinski definition) is 3. The molecule has 0 aliphatic rings. The first-order valence-corrected chi connectivity index (χ1v) is 14.0. The topological polar surface area (TPSA) is 104 Å². The van der Waals surface area contributed by atoms with E-state index in [-0.39, 0.29) is 12.1 Å². The van der Waals surface area contributed by atoms with Crippen molar-refractivity contribution in [1.29, 1.82) is 0 Å². The lowest BCUT2D eigenvalue weighted by Crippen LogP contribution is -2.33. The molecule has 7 nitrogen and oxygen atoms in total. The number of nitrogens with one attached hydrogen (secondary N) is 2. The number of aliphatic carboxylic acids is 1. The highest BCUT2D eigenvalue weighted by Crippen LogP contribution is 2.27. The Bertz CT molecular complexity index is 2000. The van der Waals surface area contributed by atoms with Gasteiger partial charge in [0.15, 0.2) is 0 Å². The van der Waals surface area contributed by atoms with E-state index < -0.39 is 23.5 Å². The molecule has 0 saturated heterocycles. The fraction of sp³-hybridized carbons (Fsp3) is 0.0571. The van der Waals surface area contributed by atoms with Crippen LogP contribution in [0.25, 0.3) is 33.2 Å². The van der Waals surface area contributed by atoms with Crippen molar-refractivity contribution in [2.45, 2.75) is 12.5 Å². The maximum atomic E-state index is 13.8. The molecule has 212 valence electrons. The summed E-state index contributed by atoms with van der Waals surface area (Å²) in [7, 11) is 0. The third-order valence-corrected chi connectivity index (χ3v) is 7.65. The monoisotopic (exact) mass is 587 g/mol. The minimum atomic E-state index is -1.23. The second-order valence-corrected chi connectivity index (χ2v) is 10.7. The van der Waals surface area contributed by atoms with Crippen LogP contribution in [0, 0.1) is 0 Å². The SMILES string of the molecule is O=C(Nc1cc(-c2ccc3cc[nH]c3c2)cn(C(Cc2ccc(Cl)cc2)C(=O)O)c1=O)c1ccc(-c2ccccc2)cc1. The Morgan fingerprint density at radius 1 is 0.814 bits per heavy atom. The van der Waals surface area contributed by atoms with E-state index in [2.05, 4.69) is 10.3 Å². The molecule has 1 unspecified atom stereocenters. The number of halogens is 1. The Hall–Kier alpha value is -5.40. The summed E-state index contributed by atoms with van der Waals surface area (Å²) in [6.45, 7) is 0. The predicted octanol–water partition coefficient (Wildman–Crippen LogP) is 7.44. The van der Waals surface area contributed by atoms with Gasteiger partial charge in [-0.15, -0.1) is 0 Å². The molecule has 2 aromatic heterocycles. The summed E-state index contributed by atoms with van der Waals surface area (Å²) >= 11 is 6.02. The molecule has 0 spiro atoms. The highest BCUT2D eigenvalue weighted by molar-refractivity contribution is 6.30. The Kier molecular flexibility index (Phi) is 7.64. The molecule has 1 amide bonds. The number of aromatic amines is 1. The average Bonchev–Trinajstić information content (AvgIpc) is 3.50. The van der Waals surface area contributed by atoms with E-state index in [1.165, 1.54) is 10.8 Å². The fourth-order valence-corrected chi connectivity index (χ4v) is 5.22. The minimum Gasteiger partial charge on any atom is -0.480 e. The number of anilines is 1. The molecule has 0 aliphatic heterocycles. The van der Waals surface area contributed by atoms with Gasteiger partial charge >= 0.3 is 5.97 Å². The molecule has 0 radical (unpaired) electrons. The summed E-state index contributed by atoms with van der Waals surface area (Å²) in [5.41, 5.74) is 4.59. The Morgan fingerprint density at radius 3 is 2.23 bits per heavy atom. The predicted molar refractivity (Wildman–Crippen MR) is 170 cm³/mol. The summed E-state index contributed by atoms with van der Waals surface area (Å²) in [6, 6.07) is 31.7. The van der Waals surface area contributed by atoms with Gasteiger partial charge in [0.05, 0.1) is 0 Å². The van der Waals surface area contributed by atoms with Gasteiger partial charge in [-0.05, 0) is 70.1 Å². The van der Waals surface area contributed by atoms with Crippen molar-refractivity contribution in [3.63, 3.8) is 0 Å². The largest absolute Gasteiger partial charge is 0.480 e. The Balaban J connectivity index is 1.39. The zero-order valence-corrected chi connectivity index (χ0v) is 23.6. The molecule has 8 heteroatoms. The van der Waals surface area contributed by atoms with Crippen molar-refractivity contribution >= 4 is 40.1 Å². The van der Waals surface area contributed by atoms with Gasteiger partial charge in [0.1, 0.15) is 11.7 Å². The van der Waals surface area contributed by atoms with E-state index >= 15 is 0 Å². The Morgan fingerprint density at radius 2 is 1.51 bits per heavy atom. The molecule has 6 aromatic rings. The molecular weight excluding hydrogens is 562 g/mol. The molecule has 6 rings (SSSR count). The van der Waals surface area contributed by atoms with Crippen LogP contribution >= 0.6 is 11.6 Å². The number of rotatable bonds is 8. The van der Waals surface area contributed by atoms with Gasteiger partial charge in [0, 0.05) is 40.5 Å². The highest BCUT2D eigenvalue weighted by atomic mass is 35.5. The van der Waals surface area contributed by atoms with Gasteiger partial charge in [0.2, 0.25) is 0 Å².